The quantitative estimate of drug-likeness (QED) is 0.887. The fourth-order valence-corrected chi connectivity index (χ4v) is 2.53. The number of benzene rings is 1. The molecule has 1 aromatic rings. The average molecular weight is 289 g/mol. The van der Waals surface area contributed by atoms with Crippen LogP contribution in [0.4, 0.5) is 5.69 Å². The summed E-state index contributed by atoms with van der Waals surface area (Å²) in [6, 6.07) is 8.05. The maximum absolute atomic E-state index is 12.1. The number of hydrogen-bond acceptors (Lipinski definition) is 3. The van der Waals surface area contributed by atoms with Gasteiger partial charge in [0.25, 0.3) is 0 Å². The lowest BCUT2D eigenvalue weighted by Gasteiger charge is -2.15. The van der Waals surface area contributed by atoms with E-state index in [4.69, 9.17) is 0 Å². The van der Waals surface area contributed by atoms with E-state index in [9.17, 15) is 9.59 Å². The van der Waals surface area contributed by atoms with Gasteiger partial charge >= 0.3 is 0 Å². The van der Waals surface area contributed by atoms with Gasteiger partial charge in [-0.05, 0) is 24.6 Å². The normalized spacial score (nSPS) is 18.0. The fraction of sp³-hybridized carbons (Fsp3) is 0.500. The van der Waals surface area contributed by atoms with Crippen LogP contribution in [0.2, 0.25) is 0 Å². The van der Waals surface area contributed by atoms with E-state index in [0.29, 0.717) is 26.1 Å². The maximum atomic E-state index is 12.1. The second kappa shape index (κ2) is 6.61. The summed E-state index contributed by atoms with van der Waals surface area (Å²) in [5.41, 5.74) is 2.17. The van der Waals surface area contributed by atoms with Gasteiger partial charge in [-0.2, -0.15) is 0 Å². The Balaban J connectivity index is 1.90. The van der Waals surface area contributed by atoms with Crippen LogP contribution in [0.25, 0.3) is 0 Å². The summed E-state index contributed by atoms with van der Waals surface area (Å²) in [5, 5.41) is 2.94. The van der Waals surface area contributed by atoms with E-state index in [2.05, 4.69) is 11.4 Å². The monoisotopic (exact) mass is 289 g/mol. The lowest BCUT2D eigenvalue weighted by Crippen LogP contribution is -2.32. The minimum absolute atomic E-state index is 0.0328. The van der Waals surface area contributed by atoms with Crippen molar-refractivity contribution in [2.45, 2.75) is 19.9 Å². The first-order chi connectivity index (χ1) is 10.0. The predicted octanol–water partition coefficient (Wildman–Crippen LogP) is 1.24. The predicted molar refractivity (Wildman–Crippen MR) is 83.0 cm³/mol. The van der Waals surface area contributed by atoms with Crippen LogP contribution < -0.4 is 10.2 Å². The molecule has 1 unspecified atom stereocenters. The Morgan fingerprint density at radius 1 is 1.43 bits per heavy atom. The molecule has 5 nitrogen and oxygen atoms in total. The van der Waals surface area contributed by atoms with Crippen LogP contribution in [0, 0.1) is 5.92 Å². The number of hydrogen-bond donors (Lipinski definition) is 1. The van der Waals surface area contributed by atoms with Crippen molar-refractivity contribution in [2.75, 3.05) is 32.1 Å². The molecule has 1 aromatic carbocycles. The lowest BCUT2D eigenvalue weighted by atomic mass is 10.1. The van der Waals surface area contributed by atoms with Gasteiger partial charge in [0.15, 0.2) is 0 Å². The standard InChI is InChI=1S/C16H23N3O2/c1-4-19-11-13(9-15(19)20)16(21)17-10-12-6-5-7-14(8-12)18(2)3/h5-8,13H,4,9-11H2,1-3H3,(H,17,21). The van der Waals surface area contributed by atoms with Crippen molar-refractivity contribution in [3.8, 4) is 0 Å². The third kappa shape index (κ3) is 3.74. The van der Waals surface area contributed by atoms with Gasteiger partial charge in [-0.1, -0.05) is 12.1 Å². The number of likely N-dealkylation sites (tertiary alicyclic amines) is 1. The molecule has 1 aliphatic heterocycles. The van der Waals surface area contributed by atoms with Crippen LogP contribution in [-0.2, 0) is 16.1 Å². The molecule has 0 aromatic heterocycles. The SMILES string of the molecule is CCN1CC(C(=O)NCc2cccc(N(C)C)c2)CC1=O. The Kier molecular flexibility index (Phi) is 4.83. The first-order valence-corrected chi connectivity index (χ1v) is 7.33. The van der Waals surface area contributed by atoms with Crippen molar-refractivity contribution in [1.29, 1.82) is 0 Å². The number of anilines is 1. The lowest BCUT2D eigenvalue weighted by molar-refractivity contribution is -0.128. The van der Waals surface area contributed by atoms with Gasteiger partial charge in [-0.15, -0.1) is 0 Å². The molecular weight excluding hydrogens is 266 g/mol. The topological polar surface area (TPSA) is 52.7 Å². The van der Waals surface area contributed by atoms with Crippen molar-refractivity contribution in [2.24, 2.45) is 5.92 Å². The minimum atomic E-state index is -0.213. The Morgan fingerprint density at radius 3 is 2.81 bits per heavy atom. The molecule has 0 radical (unpaired) electrons. The Bertz CT molecular complexity index is 528. The van der Waals surface area contributed by atoms with E-state index in [0.717, 1.165) is 11.3 Å². The number of carbonyl (C=O) groups is 2. The van der Waals surface area contributed by atoms with E-state index in [1.165, 1.54) is 0 Å². The molecule has 1 aliphatic rings. The Morgan fingerprint density at radius 2 is 2.19 bits per heavy atom. The molecule has 1 fully saturated rings. The Labute approximate surface area is 125 Å². The molecule has 21 heavy (non-hydrogen) atoms. The molecule has 114 valence electrons. The summed E-state index contributed by atoms with van der Waals surface area (Å²) in [7, 11) is 3.97. The largest absolute Gasteiger partial charge is 0.378 e. The van der Waals surface area contributed by atoms with Gasteiger partial charge in [0, 0.05) is 45.8 Å². The van der Waals surface area contributed by atoms with Crippen LogP contribution >= 0.6 is 0 Å². The molecule has 0 aliphatic carbocycles. The van der Waals surface area contributed by atoms with Crippen molar-refractivity contribution in [3.63, 3.8) is 0 Å². The molecule has 1 N–H and O–H groups in total. The second-order valence-corrected chi connectivity index (χ2v) is 5.62. The highest BCUT2D eigenvalue weighted by Crippen LogP contribution is 2.18. The molecule has 5 heteroatoms. The van der Waals surface area contributed by atoms with Gasteiger partial charge in [0.2, 0.25) is 11.8 Å². The highest BCUT2D eigenvalue weighted by Gasteiger charge is 2.33. The maximum Gasteiger partial charge on any atom is 0.225 e. The molecule has 0 saturated carbocycles. The number of nitrogens with one attached hydrogen (secondary N) is 1. The third-order valence-electron chi connectivity index (χ3n) is 3.86. The zero-order valence-electron chi connectivity index (χ0n) is 12.9. The van der Waals surface area contributed by atoms with E-state index in [-0.39, 0.29) is 17.7 Å². The molecule has 1 saturated heterocycles. The second-order valence-electron chi connectivity index (χ2n) is 5.62. The first-order valence-electron chi connectivity index (χ1n) is 7.33. The van der Waals surface area contributed by atoms with Crippen molar-refractivity contribution >= 4 is 17.5 Å². The van der Waals surface area contributed by atoms with E-state index < -0.39 is 0 Å². The molecule has 0 bridgehead atoms. The molecule has 1 atom stereocenters. The Hall–Kier alpha value is -2.04. The smallest absolute Gasteiger partial charge is 0.225 e. The highest BCUT2D eigenvalue weighted by atomic mass is 16.2. The zero-order chi connectivity index (χ0) is 15.4. The number of rotatable bonds is 5. The van der Waals surface area contributed by atoms with Gasteiger partial charge in [-0.3, -0.25) is 9.59 Å². The van der Waals surface area contributed by atoms with Crippen molar-refractivity contribution in [1.82, 2.24) is 10.2 Å². The highest BCUT2D eigenvalue weighted by molar-refractivity contribution is 5.89. The number of amides is 2. The van der Waals surface area contributed by atoms with Crippen LogP contribution in [0.15, 0.2) is 24.3 Å². The summed E-state index contributed by atoms with van der Waals surface area (Å²) >= 11 is 0. The van der Waals surface area contributed by atoms with E-state index >= 15 is 0 Å². The van der Waals surface area contributed by atoms with Gasteiger partial charge in [0.1, 0.15) is 0 Å². The number of nitrogens with zero attached hydrogens (tertiary/aromatic N) is 2. The van der Waals surface area contributed by atoms with Crippen LogP contribution in [-0.4, -0.2) is 43.9 Å². The molecule has 0 spiro atoms. The third-order valence-corrected chi connectivity index (χ3v) is 3.86. The summed E-state index contributed by atoms with van der Waals surface area (Å²) in [6.45, 7) is 3.65. The summed E-state index contributed by atoms with van der Waals surface area (Å²) in [4.78, 5) is 27.6. The van der Waals surface area contributed by atoms with Gasteiger partial charge in [0.05, 0.1) is 5.92 Å². The van der Waals surface area contributed by atoms with Crippen LogP contribution in [0.5, 0.6) is 0 Å². The van der Waals surface area contributed by atoms with Gasteiger partial charge in [-0.25, -0.2) is 0 Å². The first kappa shape index (κ1) is 15.4. The molecular formula is C16H23N3O2. The van der Waals surface area contributed by atoms with E-state index in [1.54, 1.807) is 4.90 Å². The van der Waals surface area contributed by atoms with Crippen LogP contribution in [0.1, 0.15) is 18.9 Å². The van der Waals surface area contributed by atoms with E-state index in [1.807, 2.05) is 44.1 Å². The fourth-order valence-electron chi connectivity index (χ4n) is 2.53. The minimum Gasteiger partial charge on any atom is -0.378 e. The van der Waals surface area contributed by atoms with Crippen molar-refractivity contribution in [3.05, 3.63) is 29.8 Å². The van der Waals surface area contributed by atoms with Gasteiger partial charge < -0.3 is 15.1 Å². The summed E-state index contributed by atoms with van der Waals surface area (Å²) in [6.07, 6.45) is 0.331. The van der Waals surface area contributed by atoms with Crippen LogP contribution in [0.3, 0.4) is 0 Å². The average Bonchev–Trinajstić information content (AvgIpc) is 2.86. The molecule has 1 heterocycles. The molecule has 2 amide bonds. The summed E-state index contributed by atoms with van der Waals surface area (Å²) < 4.78 is 0. The van der Waals surface area contributed by atoms with Crippen molar-refractivity contribution < 1.29 is 9.59 Å². The number of carbonyl (C=O) groups excluding carboxylic acids is 2. The summed E-state index contributed by atoms with van der Waals surface area (Å²) in [5.74, 6) is -0.170. The molecule has 2 rings (SSSR count). The zero-order valence-corrected chi connectivity index (χ0v) is 12.9.